The maximum absolute atomic E-state index is 11.9. The minimum atomic E-state index is -0.102. The largest absolute Gasteiger partial charge is 0.482 e. The molecule has 2 N–H and O–H groups in total. The van der Waals surface area contributed by atoms with Crippen LogP contribution < -0.4 is 10.5 Å². The second-order valence-corrected chi connectivity index (χ2v) is 5.74. The fraction of sp³-hybridized carbons (Fsp3) is 0.500. The highest BCUT2D eigenvalue weighted by molar-refractivity contribution is 6.32. The quantitative estimate of drug-likeness (QED) is 0.871. The number of ether oxygens (including phenoxy) is 1. The first-order valence-corrected chi connectivity index (χ1v) is 6.55. The number of nitrogens with zero attached hydrogens (tertiary/aromatic N) is 1. The molecule has 0 aliphatic carbocycles. The highest BCUT2D eigenvalue weighted by atomic mass is 35.5. The fourth-order valence-corrected chi connectivity index (χ4v) is 1.80. The van der Waals surface area contributed by atoms with E-state index in [2.05, 4.69) is 0 Å². The van der Waals surface area contributed by atoms with Gasteiger partial charge in [-0.1, -0.05) is 37.6 Å². The van der Waals surface area contributed by atoms with E-state index in [1.54, 1.807) is 24.1 Å². The van der Waals surface area contributed by atoms with Crippen molar-refractivity contribution in [3.05, 3.63) is 29.3 Å². The van der Waals surface area contributed by atoms with Crippen molar-refractivity contribution in [1.82, 2.24) is 4.90 Å². The van der Waals surface area contributed by atoms with E-state index in [1.807, 2.05) is 26.0 Å². The van der Waals surface area contributed by atoms with Gasteiger partial charge in [0.05, 0.1) is 5.02 Å². The summed E-state index contributed by atoms with van der Waals surface area (Å²) in [7, 11) is 1.75. The molecule has 106 valence electrons. The normalized spacial score (nSPS) is 11.2. The van der Waals surface area contributed by atoms with E-state index < -0.39 is 0 Å². The molecule has 19 heavy (non-hydrogen) atoms. The molecule has 4 nitrogen and oxygen atoms in total. The molecule has 1 aromatic rings. The monoisotopic (exact) mass is 284 g/mol. The van der Waals surface area contributed by atoms with Gasteiger partial charge in [-0.25, -0.2) is 0 Å². The molecule has 0 saturated carbocycles. The molecule has 0 radical (unpaired) electrons. The summed E-state index contributed by atoms with van der Waals surface area (Å²) in [6.45, 7) is 5.13. The molecule has 0 bridgehead atoms. The van der Waals surface area contributed by atoms with Crippen molar-refractivity contribution in [2.75, 3.05) is 26.7 Å². The Hall–Kier alpha value is -1.26. The van der Waals surface area contributed by atoms with Crippen LogP contribution in [0.15, 0.2) is 24.3 Å². The van der Waals surface area contributed by atoms with Crippen LogP contribution in [-0.2, 0) is 4.79 Å². The van der Waals surface area contributed by atoms with Gasteiger partial charge in [-0.15, -0.1) is 0 Å². The van der Waals surface area contributed by atoms with Gasteiger partial charge in [0, 0.05) is 13.6 Å². The Kier molecular flexibility index (Phi) is 5.63. The van der Waals surface area contributed by atoms with Crippen LogP contribution in [-0.4, -0.2) is 37.6 Å². The number of rotatable bonds is 6. The summed E-state index contributed by atoms with van der Waals surface area (Å²) in [6, 6.07) is 7.09. The van der Waals surface area contributed by atoms with Crippen LogP contribution in [0.3, 0.4) is 0 Å². The lowest BCUT2D eigenvalue weighted by atomic mass is 9.93. The Bertz CT molecular complexity index is 435. The molecular formula is C14H21ClN2O2. The van der Waals surface area contributed by atoms with Crippen molar-refractivity contribution in [3.63, 3.8) is 0 Å². The number of likely N-dealkylation sites (N-methyl/N-ethyl adjacent to an activating group) is 1. The SMILES string of the molecule is CN(CC(C)(C)CN)C(=O)COc1ccccc1Cl. The van der Waals surface area contributed by atoms with Crippen molar-refractivity contribution in [2.24, 2.45) is 11.1 Å². The highest BCUT2D eigenvalue weighted by Crippen LogP contribution is 2.23. The Balaban J connectivity index is 2.50. The minimum absolute atomic E-state index is 0.0269. The standard InChI is InChI=1S/C14H21ClN2O2/c1-14(2,9-16)10-17(3)13(18)8-19-12-7-5-4-6-11(12)15/h4-7H,8-10,16H2,1-3H3. The number of para-hydroxylation sites is 1. The summed E-state index contributed by atoms with van der Waals surface area (Å²) < 4.78 is 5.41. The zero-order valence-electron chi connectivity index (χ0n) is 11.6. The van der Waals surface area contributed by atoms with E-state index in [1.165, 1.54) is 0 Å². The number of halogens is 1. The van der Waals surface area contributed by atoms with Gasteiger partial charge in [-0.2, -0.15) is 0 Å². The van der Waals surface area contributed by atoms with Gasteiger partial charge in [-0.3, -0.25) is 4.79 Å². The van der Waals surface area contributed by atoms with Gasteiger partial charge < -0.3 is 15.4 Å². The lowest BCUT2D eigenvalue weighted by molar-refractivity contribution is -0.133. The fourth-order valence-electron chi connectivity index (χ4n) is 1.61. The van der Waals surface area contributed by atoms with Gasteiger partial charge in [0.1, 0.15) is 5.75 Å². The molecule has 0 atom stereocenters. The molecule has 5 heteroatoms. The highest BCUT2D eigenvalue weighted by Gasteiger charge is 2.21. The van der Waals surface area contributed by atoms with Crippen molar-refractivity contribution in [2.45, 2.75) is 13.8 Å². The van der Waals surface area contributed by atoms with Crippen LogP contribution in [0.25, 0.3) is 0 Å². The summed E-state index contributed by atoms with van der Waals surface area (Å²) in [5.41, 5.74) is 5.55. The van der Waals surface area contributed by atoms with Gasteiger partial charge >= 0.3 is 0 Å². The Labute approximate surface area is 119 Å². The zero-order valence-corrected chi connectivity index (χ0v) is 12.4. The molecule has 1 amide bonds. The Morgan fingerprint density at radius 3 is 2.63 bits per heavy atom. The number of carbonyl (C=O) groups excluding carboxylic acids is 1. The molecule has 0 unspecified atom stereocenters. The Morgan fingerprint density at radius 1 is 1.42 bits per heavy atom. The number of hydrogen-bond donors (Lipinski definition) is 1. The number of nitrogens with two attached hydrogens (primary N) is 1. The molecule has 0 heterocycles. The summed E-state index contributed by atoms with van der Waals surface area (Å²) in [6.07, 6.45) is 0. The predicted octanol–water partition coefficient (Wildman–Crippen LogP) is 2.16. The first kappa shape index (κ1) is 15.8. The average Bonchev–Trinajstić information content (AvgIpc) is 2.37. The van der Waals surface area contributed by atoms with E-state index in [0.29, 0.717) is 23.9 Å². The molecule has 1 aromatic carbocycles. The number of benzene rings is 1. The molecule has 0 saturated heterocycles. The topological polar surface area (TPSA) is 55.6 Å². The second kappa shape index (κ2) is 6.78. The van der Waals surface area contributed by atoms with Crippen LogP contribution in [0.5, 0.6) is 5.75 Å². The lowest BCUT2D eigenvalue weighted by Gasteiger charge is -2.29. The van der Waals surface area contributed by atoms with Crippen LogP contribution in [0.4, 0.5) is 0 Å². The number of amides is 1. The van der Waals surface area contributed by atoms with E-state index in [-0.39, 0.29) is 17.9 Å². The molecule has 0 fully saturated rings. The van der Waals surface area contributed by atoms with Gasteiger partial charge in [-0.05, 0) is 24.1 Å². The van der Waals surface area contributed by atoms with Crippen LogP contribution in [0, 0.1) is 5.41 Å². The predicted molar refractivity (Wildman–Crippen MR) is 77.4 cm³/mol. The van der Waals surface area contributed by atoms with Crippen LogP contribution in [0.2, 0.25) is 5.02 Å². The maximum Gasteiger partial charge on any atom is 0.260 e. The third kappa shape index (κ3) is 5.09. The van der Waals surface area contributed by atoms with Crippen LogP contribution >= 0.6 is 11.6 Å². The molecule has 0 aliphatic heterocycles. The third-order valence-electron chi connectivity index (χ3n) is 2.83. The van der Waals surface area contributed by atoms with Crippen molar-refractivity contribution >= 4 is 17.5 Å². The molecule has 0 aromatic heterocycles. The van der Waals surface area contributed by atoms with Crippen molar-refractivity contribution in [3.8, 4) is 5.75 Å². The maximum atomic E-state index is 11.9. The number of carbonyl (C=O) groups is 1. The molecule has 1 rings (SSSR count). The van der Waals surface area contributed by atoms with Crippen molar-refractivity contribution in [1.29, 1.82) is 0 Å². The smallest absolute Gasteiger partial charge is 0.260 e. The van der Waals surface area contributed by atoms with Crippen molar-refractivity contribution < 1.29 is 9.53 Å². The zero-order chi connectivity index (χ0) is 14.5. The van der Waals surface area contributed by atoms with Gasteiger partial charge in [0.2, 0.25) is 0 Å². The van der Waals surface area contributed by atoms with Gasteiger partial charge in [0.25, 0.3) is 5.91 Å². The van der Waals surface area contributed by atoms with E-state index in [0.717, 1.165) is 0 Å². The first-order chi connectivity index (χ1) is 8.85. The van der Waals surface area contributed by atoms with Crippen LogP contribution in [0.1, 0.15) is 13.8 Å². The first-order valence-electron chi connectivity index (χ1n) is 6.17. The average molecular weight is 285 g/mol. The molecule has 0 spiro atoms. The summed E-state index contributed by atoms with van der Waals surface area (Å²) in [5, 5.41) is 0.500. The lowest BCUT2D eigenvalue weighted by Crippen LogP contribution is -2.41. The van der Waals surface area contributed by atoms with E-state index >= 15 is 0 Å². The number of hydrogen-bond acceptors (Lipinski definition) is 3. The summed E-state index contributed by atoms with van der Waals surface area (Å²) in [4.78, 5) is 13.6. The Morgan fingerprint density at radius 2 is 2.05 bits per heavy atom. The second-order valence-electron chi connectivity index (χ2n) is 5.34. The minimum Gasteiger partial charge on any atom is -0.482 e. The van der Waals surface area contributed by atoms with Gasteiger partial charge in [0.15, 0.2) is 6.61 Å². The third-order valence-corrected chi connectivity index (χ3v) is 3.14. The summed E-state index contributed by atoms with van der Waals surface area (Å²) >= 11 is 5.95. The summed E-state index contributed by atoms with van der Waals surface area (Å²) in [5.74, 6) is 0.422. The van der Waals surface area contributed by atoms with E-state index in [4.69, 9.17) is 22.1 Å². The van der Waals surface area contributed by atoms with E-state index in [9.17, 15) is 4.79 Å². The molecular weight excluding hydrogens is 264 g/mol. The molecule has 0 aliphatic rings.